The molecule has 0 radical (unpaired) electrons. The van der Waals surface area contributed by atoms with Gasteiger partial charge in [0.25, 0.3) is 0 Å². The quantitative estimate of drug-likeness (QED) is 0.665. The van der Waals surface area contributed by atoms with Gasteiger partial charge < -0.3 is 5.11 Å². The van der Waals surface area contributed by atoms with Crippen molar-refractivity contribution in [3.63, 3.8) is 0 Å². The summed E-state index contributed by atoms with van der Waals surface area (Å²) in [5, 5.41) is 9.33. The highest BCUT2D eigenvalue weighted by Crippen LogP contribution is 2.21. The number of Topliss-reactive ketones (excluding diaryl/α,β-unsaturated/α-hetero) is 1. The summed E-state index contributed by atoms with van der Waals surface area (Å²) in [6.07, 6.45) is 0.233. The lowest BCUT2D eigenvalue weighted by Gasteiger charge is -2.22. The van der Waals surface area contributed by atoms with Crippen LogP contribution in [0.4, 0.5) is 0 Å². The molecule has 11 heavy (non-hydrogen) atoms. The van der Waals surface area contributed by atoms with E-state index in [2.05, 4.69) is 0 Å². The van der Waals surface area contributed by atoms with E-state index in [-0.39, 0.29) is 17.6 Å². The van der Waals surface area contributed by atoms with Gasteiger partial charge in [0.15, 0.2) is 0 Å². The lowest BCUT2D eigenvalue weighted by Crippen LogP contribution is -2.30. The molecule has 0 heterocycles. The molecule has 0 aliphatic heterocycles. The first-order chi connectivity index (χ1) is 4.63. The Morgan fingerprint density at radius 1 is 1.18 bits per heavy atom. The lowest BCUT2D eigenvalue weighted by molar-refractivity contribution is -0.130. The third kappa shape index (κ3) is 4.96. The van der Waals surface area contributed by atoms with Gasteiger partial charge in [-0.2, -0.15) is 0 Å². The molecule has 0 fully saturated rings. The van der Waals surface area contributed by atoms with E-state index in [1.165, 1.54) is 0 Å². The van der Waals surface area contributed by atoms with Crippen molar-refractivity contribution in [2.24, 2.45) is 5.41 Å². The molecule has 66 valence electrons. The van der Waals surface area contributed by atoms with Gasteiger partial charge >= 0.3 is 0 Å². The van der Waals surface area contributed by atoms with Gasteiger partial charge in [-0.05, 0) is 13.8 Å². The van der Waals surface area contributed by atoms with E-state index in [9.17, 15) is 9.90 Å². The van der Waals surface area contributed by atoms with Crippen molar-refractivity contribution >= 4 is 5.78 Å². The number of carbonyl (C=O) groups is 1. The van der Waals surface area contributed by atoms with Crippen LogP contribution in [0.1, 0.15) is 41.0 Å². The topological polar surface area (TPSA) is 37.3 Å². The third-order valence-electron chi connectivity index (χ3n) is 1.43. The number of rotatable bonds is 2. The van der Waals surface area contributed by atoms with Gasteiger partial charge in [-0.15, -0.1) is 0 Å². The van der Waals surface area contributed by atoms with Crippen molar-refractivity contribution in [2.75, 3.05) is 0 Å². The summed E-state index contributed by atoms with van der Waals surface area (Å²) in [5.74, 6) is 0.102. The molecule has 0 saturated carbocycles. The van der Waals surface area contributed by atoms with E-state index >= 15 is 0 Å². The van der Waals surface area contributed by atoms with Crippen LogP contribution in [0.15, 0.2) is 0 Å². The van der Waals surface area contributed by atoms with Gasteiger partial charge in [-0.1, -0.05) is 20.8 Å². The van der Waals surface area contributed by atoms with Crippen molar-refractivity contribution < 1.29 is 9.90 Å². The number of ketones is 1. The monoisotopic (exact) mass is 158 g/mol. The maximum atomic E-state index is 11.3. The summed E-state index contributed by atoms with van der Waals surface area (Å²) in [4.78, 5) is 11.3. The molecule has 0 rings (SSSR count). The summed E-state index contributed by atoms with van der Waals surface area (Å²) in [6.45, 7) is 8.89. The predicted octanol–water partition coefficient (Wildman–Crippen LogP) is 1.76. The highest BCUT2D eigenvalue weighted by Gasteiger charge is 2.26. The van der Waals surface area contributed by atoms with Crippen LogP contribution in [0.25, 0.3) is 0 Å². The molecule has 0 amide bonds. The molecule has 0 aromatic heterocycles. The first kappa shape index (κ1) is 10.6. The highest BCUT2D eigenvalue weighted by molar-refractivity contribution is 5.84. The average molecular weight is 158 g/mol. The van der Waals surface area contributed by atoms with Crippen LogP contribution in [0.5, 0.6) is 0 Å². The first-order valence-corrected chi connectivity index (χ1v) is 3.88. The van der Waals surface area contributed by atoms with Crippen molar-refractivity contribution in [2.45, 2.75) is 46.6 Å². The zero-order valence-electron chi connectivity index (χ0n) is 8.06. The maximum Gasteiger partial charge on any atom is 0.141 e. The molecule has 0 aliphatic carbocycles. The molecule has 2 nitrogen and oxygen atoms in total. The van der Waals surface area contributed by atoms with Crippen LogP contribution in [0, 0.1) is 5.41 Å². The van der Waals surface area contributed by atoms with Crippen LogP contribution in [0.3, 0.4) is 0 Å². The van der Waals surface area contributed by atoms with Crippen molar-refractivity contribution in [3.05, 3.63) is 0 Å². The van der Waals surface area contributed by atoms with Gasteiger partial charge in [-0.3, -0.25) is 4.79 Å². The van der Waals surface area contributed by atoms with Crippen LogP contribution in [-0.2, 0) is 4.79 Å². The Morgan fingerprint density at radius 3 is 1.64 bits per heavy atom. The zero-order chi connectivity index (χ0) is 9.28. The fourth-order valence-electron chi connectivity index (χ4n) is 0.658. The molecule has 0 unspecified atom stereocenters. The molecule has 0 aliphatic rings. The molecular formula is C9H18O2. The molecule has 0 saturated heterocycles. The van der Waals surface area contributed by atoms with Crippen molar-refractivity contribution in [1.82, 2.24) is 0 Å². The smallest absolute Gasteiger partial charge is 0.141 e. The van der Waals surface area contributed by atoms with Gasteiger partial charge in [0.2, 0.25) is 0 Å². The Bertz CT molecular complexity index is 146. The molecule has 0 aromatic carbocycles. The number of hydrogen-bond donors (Lipinski definition) is 1. The highest BCUT2D eigenvalue weighted by atomic mass is 16.3. The fraction of sp³-hybridized carbons (Fsp3) is 0.889. The summed E-state index contributed by atoms with van der Waals surface area (Å²) >= 11 is 0. The number of carbonyl (C=O) groups excluding carboxylic acids is 1. The summed E-state index contributed by atoms with van der Waals surface area (Å²) in [6, 6.07) is 0. The number of aliphatic hydroxyl groups is 1. The first-order valence-electron chi connectivity index (χ1n) is 3.88. The Morgan fingerprint density at radius 2 is 1.55 bits per heavy atom. The Hall–Kier alpha value is -0.370. The minimum absolute atomic E-state index is 0.102. The Kier molecular flexibility index (Phi) is 2.84. The summed E-state index contributed by atoms with van der Waals surface area (Å²) in [7, 11) is 0. The zero-order valence-corrected chi connectivity index (χ0v) is 8.06. The molecule has 0 aromatic rings. The van der Waals surface area contributed by atoms with E-state index in [1.807, 2.05) is 20.8 Å². The van der Waals surface area contributed by atoms with Crippen LogP contribution in [0.2, 0.25) is 0 Å². The molecule has 0 spiro atoms. The second-order valence-corrected chi connectivity index (χ2v) is 4.66. The average Bonchev–Trinajstić information content (AvgIpc) is 1.56. The Balaban J connectivity index is 4.11. The Labute approximate surface area is 68.6 Å². The van der Waals surface area contributed by atoms with Crippen molar-refractivity contribution in [1.29, 1.82) is 0 Å². The molecular weight excluding hydrogens is 140 g/mol. The van der Waals surface area contributed by atoms with Crippen LogP contribution in [-0.4, -0.2) is 16.5 Å². The minimum atomic E-state index is -0.871. The van der Waals surface area contributed by atoms with E-state index < -0.39 is 5.60 Å². The van der Waals surface area contributed by atoms with Gasteiger partial charge in [-0.25, -0.2) is 0 Å². The number of hydrogen-bond acceptors (Lipinski definition) is 2. The van der Waals surface area contributed by atoms with E-state index in [0.717, 1.165) is 0 Å². The second-order valence-electron chi connectivity index (χ2n) is 4.66. The molecule has 0 atom stereocenters. The summed E-state index contributed by atoms with van der Waals surface area (Å²) < 4.78 is 0. The van der Waals surface area contributed by atoms with Crippen LogP contribution < -0.4 is 0 Å². The third-order valence-corrected chi connectivity index (χ3v) is 1.43. The van der Waals surface area contributed by atoms with E-state index in [0.29, 0.717) is 0 Å². The maximum absolute atomic E-state index is 11.3. The fourth-order valence-corrected chi connectivity index (χ4v) is 0.658. The standard InChI is InChI=1S/C9H18O2/c1-8(2,3)7(10)6-9(4,5)11/h11H,6H2,1-5H3. The van der Waals surface area contributed by atoms with Crippen LogP contribution >= 0.6 is 0 Å². The summed E-state index contributed by atoms with van der Waals surface area (Å²) in [5.41, 5.74) is -1.20. The predicted molar refractivity (Wildman–Crippen MR) is 45.4 cm³/mol. The molecule has 1 N–H and O–H groups in total. The minimum Gasteiger partial charge on any atom is -0.390 e. The SMILES string of the molecule is CC(C)(O)CC(=O)C(C)(C)C. The normalized spacial score (nSPS) is 13.3. The van der Waals surface area contributed by atoms with E-state index in [4.69, 9.17) is 0 Å². The molecule has 0 bridgehead atoms. The molecule has 2 heteroatoms. The largest absolute Gasteiger partial charge is 0.390 e. The van der Waals surface area contributed by atoms with E-state index in [1.54, 1.807) is 13.8 Å². The lowest BCUT2D eigenvalue weighted by atomic mass is 9.85. The van der Waals surface area contributed by atoms with Gasteiger partial charge in [0.1, 0.15) is 5.78 Å². The van der Waals surface area contributed by atoms with Gasteiger partial charge in [0, 0.05) is 11.8 Å². The van der Waals surface area contributed by atoms with Gasteiger partial charge in [0.05, 0.1) is 5.60 Å². The van der Waals surface area contributed by atoms with Crippen molar-refractivity contribution in [3.8, 4) is 0 Å². The second kappa shape index (κ2) is 2.94.